The third-order valence-electron chi connectivity index (χ3n) is 9.01. The van der Waals surface area contributed by atoms with Crippen molar-refractivity contribution < 1.29 is 37.8 Å². The van der Waals surface area contributed by atoms with Crippen LogP contribution in [0.15, 0.2) is 164 Å². The second-order valence-electron chi connectivity index (χ2n) is 11.9. The molecule has 0 saturated heterocycles. The van der Waals surface area contributed by atoms with Crippen LogP contribution in [-0.4, -0.2) is 19.8 Å². The molecule has 7 aromatic carbocycles. The molecule has 4 nitrogen and oxygen atoms in total. The van der Waals surface area contributed by atoms with E-state index in [1.165, 1.54) is 16.2 Å². The Hall–Kier alpha value is -3.94. The first-order chi connectivity index (χ1) is 23.8. The molecule has 2 atom stereocenters. The molecule has 1 aliphatic heterocycles. The molecule has 0 amide bonds. The van der Waals surface area contributed by atoms with Gasteiger partial charge in [0.1, 0.15) is 5.66 Å². The Labute approximate surface area is 317 Å². The van der Waals surface area contributed by atoms with E-state index < -0.39 is 16.5 Å². The normalized spacial score (nSPS) is 13.2. The van der Waals surface area contributed by atoms with Crippen LogP contribution in [0.3, 0.4) is 0 Å². The van der Waals surface area contributed by atoms with Gasteiger partial charge in [0.25, 0.3) is 0 Å². The first kappa shape index (κ1) is 38.3. The molecule has 0 saturated carbocycles. The number of methoxy groups -OCH3 is 1. The average molecular weight is 800 g/mol. The molecular formula is C44H42O4P2Rh+3. The Kier molecular flexibility index (Phi) is 13.2. The van der Waals surface area contributed by atoms with E-state index in [4.69, 9.17) is 18.3 Å². The van der Waals surface area contributed by atoms with Crippen molar-refractivity contribution in [2.45, 2.75) is 11.8 Å². The van der Waals surface area contributed by atoms with Crippen molar-refractivity contribution in [3.05, 3.63) is 184 Å². The molecule has 0 N–H and O–H groups in total. The Bertz CT molecular complexity index is 2040. The molecule has 1 aliphatic rings. The molecule has 1 heterocycles. The van der Waals surface area contributed by atoms with E-state index in [-0.39, 0.29) is 46.1 Å². The number of fused-ring (bicyclic) bond motifs is 7. The molecule has 7 heteroatoms. The standard InChI is InChI=1S/C42H35O4P2.2CH3.Rh/c1-43-29-39(42(32-17-5-2-6-18-32)47(33-19-7-3-8-20-33)34-21-9-4-10-22-34)46-48-44-37-27-25-30-15-11-13-23-35(30)40(37)41-36-24-14-12-16-31(36)26-28-38(41)45-48;;;/h2-28,39,42,48H,29H2,1H3;2*1H3;/q+1;2*-1;+3/p+1/t39-,42+;;;/m0.../s1. The number of benzene rings is 7. The van der Waals surface area contributed by atoms with Crippen LogP contribution in [0.1, 0.15) is 11.2 Å². The molecule has 8 rings (SSSR count). The molecule has 0 aliphatic carbocycles. The van der Waals surface area contributed by atoms with Crippen LogP contribution in [0.5, 0.6) is 11.5 Å². The summed E-state index contributed by atoms with van der Waals surface area (Å²) in [4.78, 5) is 0. The Morgan fingerprint density at radius 3 is 1.45 bits per heavy atom. The molecule has 0 bridgehead atoms. The van der Waals surface area contributed by atoms with Crippen LogP contribution in [0.4, 0.5) is 0 Å². The van der Waals surface area contributed by atoms with Gasteiger partial charge >= 0.3 is 28.1 Å². The van der Waals surface area contributed by atoms with Crippen molar-refractivity contribution in [3.63, 3.8) is 0 Å². The van der Waals surface area contributed by atoms with Crippen LogP contribution in [-0.2, 0) is 28.7 Å². The summed E-state index contributed by atoms with van der Waals surface area (Å²) in [5.41, 5.74) is 3.26. The first-order valence-corrected chi connectivity index (χ1v) is 19.0. The van der Waals surface area contributed by atoms with Crippen LogP contribution in [0.25, 0.3) is 32.7 Å². The maximum atomic E-state index is 7.15. The van der Waals surface area contributed by atoms with Gasteiger partial charge in [0.15, 0.2) is 17.6 Å². The van der Waals surface area contributed by atoms with Gasteiger partial charge in [0.05, 0.1) is 25.1 Å². The predicted molar refractivity (Wildman–Crippen MR) is 216 cm³/mol. The number of ether oxygens (including phenoxy) is 1. The Morgan fingerprint density at radius 2 is 0.980 bits per heavy atom. The monoisotopic (exact) mass is 799 g/mol. The van der Waals surface area contributed by atoms with E-state index in [2.05, 4.69) is 164 Å². The topological polar surface area (TPSA) is 36.9 Å². The van der Waals surface area contributed by atoms with Crippen molar-refractivity contribution >= 4 is 48.7 Å². The van der Waals surface area contributed by atoms with Crippen molar-refractivity contribution in [1.82, 2.24) is 0 Å². The molecular weight excluding hydrogens is 757 g/mol. The number of hydrogen-bond donors (Lipinski definition) is 0. The predicted octanol–water partition coefficient (Wildman–Crippen LogP) is 10.9. The van der Waals surface area contributed by atoms with Gasteiger partial charge in [-0.05, 0) is 63.5 Å². The fourth-order valence-electron chi connectivity index (χ4n) is 6.91. The second kappa shape index (κ2) is 17.5. The minimum absolute atomic E-state index is 0. The van der Waals surface area contributed by atoms with Gasteiger partial charge in [-0.15, -0.1) is 0 Å². The third kappa shape index (κ3) is 7.80. The van der Waals surface area contributed by atoms with Gasteiger partial charge in [-0.3, -0.25) is 9.05 Å². The van der Waals surface area contributed by atoms with Gasteiger partial charge in [0.2, 0.25) is 0 Å². The third-order valence-corrected chi connectivity index (χ3v) is 13.5. The summed E-state index contributed by atoms with van der Waals surface area (Å²) >= 11 is 0. The summed E-state index contributed by atoms with van der Waals surface area (Å²) in [7, 11) is -2.08. The SMILES string of the molecule is COC[C@H](O[PH+]1Oc2ccc3ccccc3c2-c2c(ccc3ccccc23)O1)[C@@H](c1ccccc1)[PH+](c1ccccc1)c1ccccc1.[CH3-].[CH3-].[Rh+3]. The van der Waals surface area contributed by atoms with Crippen LogP contribution in [0, 0.1) is 14.9 Å². The van der Waals surface area contributed by atoms with Crippen LogP contribution >= 0.6 is 16.5 Å². The molecule has 7 aromatic rings. The molecule has 0 aromatic heterocycles. The summed E-state index contributed by atoms with van der Waals surface area (Å²) < 4.78 is 26.8. The van der Waals surface area contributed by atoms with E-state index in [0.29, 0.717) is 6.61 Å². The Morgan fingerprint density at radius 1 is 0.549 bits per heavy atom. The zero-order chi connectivity index (χ0) is 32.3. The average Bonchev–Trinajstić information content (AvgIpc) is 3.31. The second-order valence-corrected chi connectivity index (χ2v) is 15.7. The molecule has 51 heavy (non-hydrogen) atoms. The summed E-state index contributed by atoms with van der Waals surface area (Å²) in [6.45, 7) is 0.378. The van der Waals surface area contributed by atoms with Gasteiger partial charge < -0.3 is 19.6 Å². The van der Waals surface area contributed by atoms with Gasteiger partial charge in [-0.2, -0.15) is 4.52 Å². The number of hydrogen-bond acceptors (Lipinski definition) is 4. The van der Waals surface area contributed by atoms with E-state index in [9.17, 15) is 0 Å². The minimum Gasteiger partial charge on any atom is -0.382 e. The van der Waals surface area contributed by atoms with Crippen molar-refractivity contribution in [2.24, 2.45) is 0 Å². The first-order valence-electron chi connectivity index (χ1n) is 16.2. The smallest absolute Gasteiger partial charge is 0.382 e. The van der Waals surface area contributed by atoms with Crippen molar-refractivity contribution in [1.29, 1.82) is 0 Å². The van der Waals surface area contributed by atoms with Gasteiger partial charge in [-0.1, -0.05) is 127 Å². The fraction of sp³-hybridized carbons (Fsp3) is 0.0909. The van der Waals surface area contributed by atoms with Crippen molar-refractivity contribution in [2.75, 3.05) is 13.7 Å². The minimum atomic E-state index is -2.38. The largest absolute Gasteiger partial charge is 3.00 e. The van der Waals surface area contributed by atoms with E-state index >= 15 is 0 Å². The molecule has 0 spiro atoms. The molecule has 0 fully saturated rings. The van der Waals surface area contributed by atoms with E-state index in [1.54, 1.807) is 7.11 Å². The summed E-state index contributed by atoms with van der Waals surface area (Å²) in [5, 5.41) is 7.15. The quantitative estimate of drug-likeness (QED) is 0.0828. The number of rotatable bonds is 9. The fourth-order valence-corrected chi connectivity index (χ4v) is 11.6. The summed E-state index contributed by atoms with van der Waals surface area (Å²) in [6.07, 6.45) is -0.355. The molecule has 0 radical (unpaired) electrons. The zero-order valence-electron chi connectivity index (χ0n) is 28.9. The molecule has 258 valence electrons. The summed E-state index contributed by atoms with van der Waals surface area (Å²) in [6, 6.07) is 57.6. The van der Waals surface area contributed by atoms with Crippen LogP contribution < -0.4 is 19.7 Å². The van der Waals surface area contributed by atoms with Crippen LogP contribution in [0.2, 0.25) is 0 Å². The van der Waals surface area contributed by atoms with Gasteiger partial charge in [-0.25, -0.2) is 0 Å². The zero-order valence-corrected chi connectivity index (χ0v) is 32.6. The van der Waals surface area contributed by atoms with E-state index in [1.807, 2.05) is 0 Å². The Balaban J connectivity index is 0.00000168. The van der Waals surface area contributed by atoms with Gasteiger partial charge in [0, 0.05) is 18.2 Å². The van der Waals surface area contributed by atoms with E-state index in [0.717, 1.165) is 44.2 Å². The maximum absolute atomic E-state index is 7.15. The maximum Gasteiger partial charge on any atom is 3.00 e. The molecule has 0 unspecified atom stereocenters. The van der Waals surface area contributed by atoms with Crippen molar-refractivity contribution in [3.8, 4) is 22.6 Å². The summed E-state index contributed by atoms with van der Waals surface area (Å²) in [5.74, 6) is 1.53.